The second-order valence-electron chi connectivity index (χ2n) is 14.1. The quantitative estimate of drug-likeness (QED) is 0.0404. The molecule has 3 saturated carbocycles. The van der Waals surface area contributed by atoms with Gasteiger partial charge >= 0.3 is 121 Å². The molecule has 20 heteroatoms. The van der Waals surface area contributed by atoms with Crippen molar-refractivity contribution in [1.29, 1.82) is 0 Å². The molecule has 0 N–H and O–H groups in total. The number of hydrogen-bond acceptors (Lipinski definition) is 12. The zero-order valence-electron chi connectivity index (χ0n) is 35.5. The van der Waals surface area contributed by atoms with Crippen molar-refractivity contribution in [1.82, 2.24) is 19.6 Å². The van der Waals surface area contributed by atoms with Crippen LogP contribution in [0.1, 0.15) is 89.6 Å². The number of hydrogen-bond donors (Lipinski definition) is 0. The van der Waals surface area contributed by atoms with Crippen LogP contribution < -0.4 is 108 Å². The van der Waals surface area contributed by atoms with Crippen LogP contribution in [-0.4, -0.2) is 76.8 Å². The minimum atomic E-state index is -0.339. The van der Waals surface area contributed by atoms with Crippen LogP contribution in [0.15, 0.2) is 67.2 Å². The summed E-state index contributed by atoms with van der Waals surface area (Å²) in [6.45, 7) is 2.36. The van der Waals surface area contributed by atoms with Gasteiger partial charge in [0.25, 0.3) is 6.47 Å². The smallest absolute Gasteiger partial charge is 1.00 e. The summed E-state index contributed by atoms with van der Waals surface area (Å²) >= 11 is 13.7. The third-order valence-corrected chi connectivity index (χ3v) is 12.4. The van der Waals surface area contributed by atoms with Gasteiger partial charge in [-0.3, -0.25) is 19.2 Å². The van der Waals surface area contributed by atoms with Crippen LogP contribution in [0, 0.1) is 17.8 Å². The number of carbonyl (C=O) groups excluding carboxylic acids is 4. The topological polar surface area (TPSA) is 176 Å². The van der Waals surface area contributed by atoms with Crippen molar-refractivity contribution in [2.75, 3.05) is 26.7 Å². The number of nitrogens with zero attached hydrogens (tertiary/aromatic N) is 5. The number of aliphatic imine (C=N–C) groups is 1. The van der Waals surface area contributed by atoms with Gasteiger partial charge in [-0.2, -0.15) is 10.2 Å². The van der Waals surface area contributed by atoms with Crippen LogP contribution in [0.3, 0.4) is 0 Å². The summed E-state index contributed by atoms with van der Waals surface area (Å²) < 4.78 is 20.7. The summed E-state index contributed by atoms with van der Waals surface area (Å²) in [4.78, 5) is 49.8. The first-order valence-corrected chi connectivity index (χ1v) is 22.1. The molecule has 14 nitrogen and oxygen atoms in total. The number of fused-ring (bicyclic) bond motifs is 3. The van der Waals surface area contributed by atoms with E-state index in [2.05, 4.69) is 88.5 Å². The van der Waals surface area contributed by atoms with Gasteiger partial charge in [-0.15, -0.1) is 0 Å². The Hall–Kier alpha value is -0.697. The van der Waals surface area contributed by atoms with Gasteiger partial charge in [0.05, 0.1) is 61.8 Å². The van der Waals surface area contributed by atoms with Gasteiger partial charge in [-0.05, 0) is 98.2 Å². The van der Waals surface area contributed by atoms with Crippen molar-refractivity contribution < 1.29 is 148 Å². The standard InChI is InChI=1S/2C13H13BrN2O2.C10H8BrNO2.C4H7Br.CH2O3.CH4.2K.H/c1-18-13(17)9-4-11(14)10-6-15-16(12(10)5-9)7-8-2-3-8;1-18-13(17)9-4-11(14)10-7-16(6-8-2-3-8)15-12(10)5-9;1-14-10(13)6-2-7-4-12-5-8(7)9(11)3-6;5-3-4-1-2-4;2-1-4-3;;;;/h4-6,8H,2-3,7H2,1H3;4-5,7-8H,2-3,6H2,1H3;2-3,5H,4H2,1H3;4H,1-3H2;1,3H;1H4;;;/q;;;;;;2*+1;-1/p-1. The molecule has 0 spiro atoms. The van der Waals surface area contributed by atoms with Crippen LogP contribution in [0.5, 0.6) is 0 Å². The molecule has 0 atom stereocenters. The molecule has 4 aliphatic rings. The third-order valence-electron chi connectivity index (χ3n) is 9.52. The molecule has 0 unspecified atom stereocenters. The summed E-state index contributed by atoms with van der Waals surface area (Å²) in [6.07, 6.45) is 13.7. The Kier molecular flexibility index (Phi) is 26.4. The van der Waals surface area contributed by atoms with E-state index < -0.39 is 0 Å². The van der Waals surface area contributed by atoms with E-state index >= 15 is 0 Å². The summed E-state index contributed by atoms with van der Waals surface area (Å²) in [6, 6.07) is 10.7. The Morgan fingerprint density at radius 1 is 0.774 bits per heavy atom. The minimum Gasteiger partial charge on any atom is -1.00 e. The van der Waals surface area contributed by atoms with Crippen LogP contribution in [0.2, 0.25) is 0 Å². The number of alkyl halides is 1. The number of ether oxygens (including phenoxy) is 3. The summed E-state index contributed by atoms with van der Waals surface area (Å²) in [5.41, 5.74) is 5.55. The molecular weight excluding hydrogens is 1120 g/mol. The molecule has 0 bridgehead atoms. The molecule has 2 aromatic heterocycles. The van der Waals surface area contributed by atoms with Gasteiger partial charge in [-0.25, -0.2) is 14.4 Å². The van der Waals surface area contributed by atoms with E-state index in [4.69, 9.17) is 19.5 Å². The van der Waals surface area contributed by atoms with Crippen LogP contribution in [-0.2, 0) is 43.5 Å². The molecule has 62 heavy (non-hydrogen) atoms. The monoisotopic (exact) mass is 1160 g/mol. The molecule has 0 amide bonds. The second kappa shape index (κ2) is 28.5. The van der Waals surface area contributed by atoms with Crippen molar-refractivity contribution in [3.05, 3.63) is 90.0 Å². The van der Waals surface area contributed by atoms with Gasteiger partial charge in [0, 0.05) is 60.6 Å². The van der Waals surface area contributed by atoms with Crippen molar-refractivity contribution in [2.24, 2.45) is 22.7 Å². The van der Waals surface area contributed by atoms with Crippen molar-refractivity contribution in [2.45, 2.75) is 65.6 Å². The summed E-state index contributed by atoms with van der Waals surface area (Å²) in [5, 5.41) is 20.6. The third kappa shape index (κ3) is 17.2. The number of halogens is 4. The molecule has 5 aromatic rings. The maximum atomic E-state index is 11.6. The molecule has 3 heterocycles. The summed E-state index contributed by atoms with van der Waals surface area (Å²) in [7, 11) is 4.15. The first kappa shape index (κ1) is 57.4. The van der Waals surface area contributed by atoms with Gasteiger partial charge in [0.2, 0.25) is 0 Å². The number of rotatable bonds is 9. The molecule has 324 valence electrons. The Balaban J connectivity index is 0.000000420. The van der Waals surface area contributed by atoms with E-state index in [9.17, 15) is 14.4 Å². The molecule has 1 aliphatic heterocycles. The van der Waals surface area contributed by atoms with Crippen molar-refractivity contribution in [3.63, 3.8) is 0 Å². The maximum absolute atomic E-state index is 11.6. The van der Waals surface area contributed by atoms with Gasteiger partial charge in [0.15, 0.2) is 0 Å². The van der Waals surface area contributed by atoms with Gasteiger partial charge < -0.3 is 25.8 Å². The predicted octanol–water partition coefficient (Wildman–Crippen LogP) is 3.14. The van der Waals surface area contributed by atoms with Crippen molar-refractivity contribution in [3.8, 4) is 0 Å². The Morgan fingerprint density at radius 3 is 1.77 bits per heavy atom. The average molecular weight is 1160 g/mol. The van der Waals surface area contributed by atoms with Crippen LogP contribution >= 0.6 is 63.7 Å². The fourth-order valence-corrected chi connectivity index (χ4v) is 8.13. The fourth-order valence-electron chi connectivity index (χ4n) is 5.78. The van der Waals surface area contributed by atoms with Crippen LogP contribution in [0.4, 0.5) is 0 Å². The zero-order valence-corrected chi connectivity index (χ0v) is 47.1. The normalized spacial score (nSPS) is 13.8. The number of esters is 3. The minimum absolute atomic E-state index is 0. The zero-order chi connectivity index (χ0) is 42.6. The number of aromatic nitrogens is 4. The first-order valence-electron chi connectivity index (χ1n) is 18.6. The molecule has 0 radical (unpaired) electrons. The molecule has 3 aliphatic carbocycles. The van der Waals surface area contributed by atoms with E-state index in [1.54, 1.807) is 30.5 Å². The molecule has 3 aromatic carbocycles. The fraction of sp³-hybridized carbons (Fsp3) is 0.405. The molecular formula is C42H47Br4K2N5O9. The predicted molar refractivity (Wildman–Crippen MR) is 241 cm³/mol. The second-order valence-corrected chi connectivity index (χ2v) is 17.3. The largest absolute Gasteiger partial charge is 1.00 e. The number of carbonyl (C=O) groups is 4. The number of methoxy groups -OCH3 is 3. The first-order chi connectivity index (χ1) is 28.4. The number of benzene rings is 3. The Bertz CT molecular complexity index is 2330. The Labute approximate surface area is 481 Å². The van der Waals surface area contributed by atoms with Gasteiger partial charge in [-0.1, -0.05) is 71.1 Å². The van der Waals surface area contributed by atoms with Crippen LogP contribution in [0.25, 0.3) is 21.8 Å². The Morgan fingerprint density at radius 2 is 1.27 bits per heavy atom. The van der Waals surface area contributed by atoms with E-state index in [1.165, 1.54) is 65.2 Å². The molecule has 9 rings (SSSR count). The average Bonchev–Trinajstić information content (AvgIpc) is 4.21. The molecule has 0 saturated heterocycles. The van der Waals surface area contributed by atoms with Crippen molar-refractivity contribution >= 4 is 116 Å². The van der Waals surface area contributed by atoms with E-state index in [0.29, 0.717) is 23.2 Å². The van der Waals surface area contributed by atoms with Gasteiger partial charge in [0.1, 0.15) is 0 Å². The van der Waals surface area contributed by atoms with E-state index in [0.717, 1.165) is 77.2 Å². The maximum Gasteiger partial charge on any atom is 1.00 e. The summed E-state index contributed by atoms with van der Waals surface area (Å²) in [5.74, 6) is 1.59. The SMILES string of the molecule is BrCC1CC1.C.COC(=O)c1cc(Br)c2c(c1)CN=C2.COC(=O)c1cc(Br)c2cn(CC3CC3)nc2c1.COC(=O)c1cc(Br)c2cnn(CC3CC3)c2c1.O=CO[O-].[H-].[K+].[K+]. The molecule has 3 fully saturated rings. The van der Waals surface area contributed by atoms with E-state index in [-0.39, 0.29) is 136 Å². The van der Waals surface area contributed by atoms with E-state index in [1.807, 2.05) is 33.9 Å².